The van der Waals surface area contributed by atoms with Gasteiger partial charge in [0.05, 0.1) is 11.5 Å². The van der Waals surface area contributed by atoms with Crippen molar-refractivity contribution in [1.29, 1.82) is 0 Å². The minimum absolute atomic E-state index is 0.205. The Morgan fingerprint density at radius 3 is 3.05 bits per heavy atom. The number of fused-ring (bicyclic) bond motifs is 6. The van der Waals surface area contributed by atoms with Crippen LogP contribution in [0.5, 0.6) is 5.75 Å². The highest BCUT2D eigenvalue weighted by atomic mass is 16.7. The number of rotatable bonds is 0. The Labute approximate surface area is 109 Å². The average molecular weight is 258 g/mol. The molecule has 0 saturated carbocycles. The maximum absolute atomic E-state index is 12.2. The molecule has 1 saturated heterocycles. The summed E-state index contributed by atoms with van der Waals surface area (Å²) in [5, 5.41) is 0.846. The van der Waals surface area contributed by atoms with Crippen LogP contribution in [0, 0.1) is 0 Å². The topological polar surface area (TPSA) is 48.7 Å². The molecule has 4 rings (SSSR count). The van der Waals surface area contributed by atoms with Crippen molar-refractivity contribution in [3.05, 3.63) is 40.2 Å². The number of para-hydroxylation sites is 1. The van der Waals surface area contributed by atoms with E-state index in [1.807, 2.05) is 25.1 Å². The number of benzene rings is 1. The second-order valence-electron chi connectivity index (χ2n) is 5.36. The lowest BCUT2D eigenvalue weighted by Gasteiger charge is -2.43. The summed E-state index contributed by atoms with van der Waals surface area (Å²) in [6.45, 7) is 1.94. The molecule has 2 aliphatic rings. The Bertz CT molecular complexity index is 718. The summed E-state index contributed by atoms with van der Waals surface area (Å²) in [6, 6.07) is 7.47. The molecule has 4 nitrogen and oxygen atoms in total. The quantitative estimate of drug-likeness (QED) is 0.681. The first-order chi connectivity index (χ1) is 9.16. The first-order valence-corrected chi connectivity index (χ1v) is 6.59. The molecule has 2 atom stereocenters. The third-order valence-corrected chi connectivity index (χ3v) is 3.93. The molecular formula is C15H14O4. The van der Waals surface area contributed by atoms with Crippen LogP contribution in [0.4, 0.5) is 0 Å². The van der Waals surface area contributed by atoms with Gasteiger partial charge in [-0.05, 0) is 25.0 Å². The molecular weight excluding hydrogens is 244 g/mol. The van der Waals surface area contributed by atoms with E-state index in [9.17, 15) is 4.79 Å². The Balaban J connectivity index is 2.07. The molecule has 0 N–H and O–H groups in total. The zero-order valence-corrected chi connectivity index (χ0v) is 10.6. The van der Waals surface area contributed by atoms with E-state index in [2.05, 4.69) is 0 Å². The average Bonchev–Trinajstić information content (AvgIpc) is 2.37. The summed E-state index contributed by atoms with van der Waals surface area (Å²) >= 11 is 0. The van der Waals surface area contributed by atoms with E-state index in [1.165, 1.54) is 0 Å². The highest BCUT2D eigenvalue weighted by Gasteiger charge is 2.43. The Kier molecular flexibility index (Phi) is 2.10. The summed E-state index contributed by atoms with van der Waals surface area (Å²) in [5.74, 6) is 0.0252. The Hall–Kier alpha value is -1.81. The van der Waals surface area contributed by atoms with Crippen LogP contribution in [-0.2, 0) is 4.74 Å². The largest absolute Gasteiger partial charge is 0.461 e. The first kappa shape index (κ1) is 11.1. The third kappa shape index (κ3) is 1.53. The lowest BCUT2D eigenvalue weighted by molar-refractivity contribution is -0.243. The maximum Gasteiger partial charge on any atom is 0.345 e. The second kappa shape index (κ2) is 3.61. The molecule has 0 aliphatic carbocycles. The fraction of sp³-hybridized carbons (Fsp3) is 0.400. The normalized spacial score (nSPS) is 28.8. The van der Waals surface area contributed by atoms with E-state index in [0.29, 0.717) is 16.9 Å². The molecule has 4 heteroatoms. The molecule has 98 valence electrons. The molecule has 1 aromatic carbocycles. The highest BCUT2D eigenvalue weighted by Crippen LogP contribution is 2.47. The van der Waals surface area contributed by atoms with Gasteiger partial charge in [0, 0.05) is 13.3 Å². The Morgan fingerprint density at radius 1 is 1.32 bits per heavy atom. The molecule has 2 bridgehead atoms. The zero-order valence-electron chi connectivity index (χ0n) is 10.6. The van der Waals surface area contributed by atoms with Gasteiger partial charge in [-0.3, -0.25) is 0 Å². The van der Waals surface area contributed by atoms with Crippen LogP contribution in [0.2, 0.25) is 0 Å². The molecule has 2 unspecified atom stereocenters. The molecule has 0 amide bonds. The standard InChI is InChI=1S/C15H14O4/c1-15-8-4-7-11(18-15)12-13(19-15)9-5-2-3-6-10(9)17-14(12)16/h2-3,5-6,11H,4,7-8H2,1H3. The molecule has 3 heterocycles. The molecule has 1 aromatic heterocycles. The smallest absolute Gasteiger partial charge is 0.345 e. The van der Waals surface area contributed by atoms with E-state index in [1.54, 1.807) is 6.07 Å². The van der Waals surface area contributed by atoms with Gasteiger partial charge in [0.2, 0.25) is 5.79 Å². The summed E-state index contributed by atoms with van der Waals surface area (Å²) in [4.78, 5) is 12.2. The first-order valence-electron chi connectivity index (χ1n) is 6.59. The lowest BCUT2D eigenvalue weighted by Crippen LogP contribution is -2.45. The van der Waals surface area contributed by atoms with Gasteiger partial charge in [-0.2, -0.15) is 0 Å². The van der Waals surface area contributed by atoms with Gasteiger partial charge in [-0.25, -0.2) is 4.79 Å². The van der Waals surface area contributed by atoms with E-state index in [0.717, 1.165) is 24.6 Å². The van der Waals surface area contributed by atoms with Crippen LogP contribution >= 0.6 is 0 Å². The van der Waals surface area contributed by atoms with E-state index in [-0.39, 0.29) is 11.7 Å². The van der Waals surface area contributed by atoms with Crippen LogP contribution < -0.4 is 10.4 Å². The van der Waals surface area contributed by atoms with Crippen molar-refractivity contribution >= 4 is 11.0 Å². The van der Waals surface area contributed by atoms with Crippen LogP contribution in [0.15, 0.2) is 33.5 Å². The van der Waals surface area contributed by atoms with Crippen molar-refractivity contribution in [1.82, 2.24) is 0 Å². The van der Waals surface area contributed by atoms with E-state index >= 15 is 0 Å². The highest BCUT2D eigenvalue weighted by molar-refractivity contribution is 5.84. The summed E-state index contributed by atoms with van der Waals surface area (Å²) in [5.41, 5.74) is 0.758. The monoisotopic (exact) mass is 258 g/mol. The van der Waals surface area contributed by atoms with Crippen LogP contribution in [0.3, 0.4) is 0 Å². The van der Waals surface area contributed by atoms with E-state index in [4.69, 9.17) is 13.9 Å². The molecule has 19 heavy (non-hydrogen) atoms. The van der Waals surface area contributed by atoms with Gasteiger partial charge >= 0.3 is 5.63 Å². The number of hydrogen-bond donors (Lipinski definition) is 0. The fourth-order valence-corrected chi connectivity index (χ4v) is 3.05. The SMILES string of the molecule is CC12CCCC(O1)c1c(c3ccccc3oc1=O)O2. The van der Waals surface area contributed by atoms with Crippen molar-refractivity contribution in [2.24, 2.45) is 0 Å². The third-order valence-electron chi connectivity index (χ3n) is 3.93. The zero-order chi connectivity index (χ0) is 13.0. The van der Waals surface area contributed by atoms with E-state index < -0.39 is 5.79 Å². The number of ether oxygens (including phenoxy) is 2. The summed E-state index contributed by atoms with van der Waals surface area (Å²) in [7, 11) is 0. The van der Waals surface area contributed by atoms with Gasteiger partial charge in [-0.1, -0.05) is 12.1 Å². The fourth-order valence-electron chi connectivity index (χ4n) is 3.05. The second-order valence-corrected chi connectivity index (χ2v) is 5.36. The van der Waals surface area contributed by atoms with Crippen molar-refractivity contribution < 1.29 is 13.9 Å². The maximum atomic E-state index is 12.2. The summed E-state index contributed by atoms with van der Waals surface area (Å²) in [6.07, 6.45) is 2.47. The van der Waals surface area contributed by atoms with Gasteiger partial charge in [0.15, 0.2) is 0 Å². The number of hydrogen-bond acceptors (Lipinski definition) is 4. The van der Waals surface area contributed by atoms with Crippen molar-refractivity contribution in [2.75, 3.05) is 0 Å². The van der Waals surface area contributed by atoms with Crippen LogP contribution in [0.25, 0.3) is 11.0 Å². The Morgan fingerprint density at radius 2 is 2.16 bits per heavy atom. The molecule has 0 spiro atoms. The molecule has 0 radical (unpaired) electrons. The predicted molar refractivity (Wildman–Crippen MR) is 69.2 cm³/mol. The van der Waals surface area contributed by atoms with Crippen molar-refractivity contribution in [2.45, 2.75) is 38.1 Å². The predicted octanol–water partition coefficient (Wildman–Crippen LogP) is 3.14. The van der Waals surface area contributed by atoms with Crippen molar-refractivity contribution in [3.63, 3.8) is 0 Å². The molecule has 2 aliphatic heterocycles. The van der Waals surface area contributed by atoms with Gasteiger partial charge in [0.1, 0.15) is 16.9 Å². The molecule has 2 aromatic rings. The van der Waals surface area contributed by atoms with Gasteiger partial charge in [-0.15, -0.1) is 0 Å². The summed E-state index contributed by atoms with van der Waals surface area (Å²) < 4.78 is 17.3. The minimum Gasteiger partial charge on any atom is -0.461 e. The van der Waals surface area contributed by atoms with Crippen LogP contribution in [-0.4, -0.2) is 5.79 Å². The van der Waals surface area contributed by atoms with Crippen molar-refractivity contribution in [3.8, 4) is 5.75 Å². The van der Waals surface area contributed by atoms with Gasteiger partial charge in [0.25, 0.3) is 0 Å². The lowest BCUT2D eigenvalue weighted by atomic mass is 9.94. The van der Waals surface area contributed by atoms with Gasteiger partial charge < -0.3 is 13.9 Å². The molecule has 1 fully saturated rings. The minimum atomic E-state index is -0.619. The van der Waals surface area contributed by atoms with Crippen LogP contribution in [0.1, 0.15) is 37.9 Å².